The van der Waals surface area contributed by atoms with Crippen molar-refractivity contribution in [3.8, 4) is 0 Å². The van der Waals surface area contributed by atoms with Crippen molar-refractivity contribution in [2.45, 2.75) is 104 Å². The minimum atomic E-state index is -0.711. The van der Waals surface area contributed by atoms with E-state index in [1.807, 2.05) is 32.5 Å². The average Bonchev–Trinajstić information content (AvgIpc) is 3.25. The topological polar surface area (TPSA) is 97.1 Å². The molecule has 0 aromatic carbocycles. The van der Waals surface area contributed by atoms with Crippen molar-refractivity contribution in [1.82, 2.24) is 19.6 Å². The second kappa shape index (κ2) is 12.4. The summed E-state index contributed by atoms with van der Waals surface area (Å²) in [4.78, 5) is 28.5. The van der Waals surface area contributed by atoms with Crippen LogP contribution in [0, 0.1) is 17.3 Å². The van der Waals surface area contributed by atoms with Crippen molar-refractivity contribution in [1.29, 1.82) is 0 Å². The van der Waals surface area contributed by atoms with Crippen LogP contribution in [0.5, 0.6) is 0 Å². The van der Waals surface area contributed by atoms with E-state index in [0.717, 1.165) is 50.0 Å². The molecule has 1 saturated heterocycles. The lowest BCUT2D eigenvalue weighted by molar-refractivity contribution is -0.150. The van der Waals surface area contributed by atoms with Crippen LogP contribution in [0.2, 0.25) is 0 Å². The number of nitrogens with zero attached hydrogens (tertiary/aromatic N) is 4. The molecular formula is C29H50N4O5. The van der Waals surface area contributed by atoms with Crippen LogP contribution < -0.4 is 0 Å². The quantitative estimate of drug-likeness (QED) is 0.446. The summed E-state index contributed by atoms with van der Waals surface area (Å²) in [6.07, 6.45) is 7.31. The Morgan fingerprint density at radius 1 is 1.21 bits per heavy atom. The lowest BCUT2D eigenvalue weighted by Crippen LogP contribution is -2.43. The summed E-state index contributed by atoms with van der Waals surface area (Å²) in [6.45, 7) is 14.6. The first-order valence-electron chi connectivity index (χ1n) is 14.3. The molecule has 9 heteroatoms. The van der Waals surface area contributed by atoms with Crippen molar-refractivity contribution in [3.63, 3.8) is 0 Å². The van der Waals surface area contributed by atoms with E-state index in [0.29, 0.717) is 32.0 Å². The summed E-state index contributed by atoms with van der Waals surface area (Å²) in [5.41, 5.74) is 1.34. The predicted octanol–water partition coefficient (Wildman–Crippen LogP) is 5.51. The highest BCUT2D eigenvalue weighted by Gasteiger charge is 2.47. The van der Waals surface area contributed by atoms with E-state index < -0.39 is 17.5 Å². The van der Waals surface area contributed by atoms with Gasteiger partial charge in [-0.25, -0.2) is 9.48 Å². The van der Waals surface area contributed by atoms with Gasteiger partial charge in [0.15, 0.2) is 0 Å². The summed E-state index contributed by atoms with van der Waals surface area (Å²) in [6, 6.07) is 0. The van der Waals surface area contributed by atoms with Crippen LogP contribution in [0.3, 0.4) is 0 Å². The van der Waals surface area contributed by atoms with Gasteiger partial charge in [0.25, 0.3) is 0 Å². The van der Waals surface area contributed by atoms with Crippen molar-refractivity contribution < 1.29 is 24.2 Å². The summed E-state index contributed by atoms with van der Waals surface area (Å²) in [5.74, 6) is -0.717. The zero-order valence-electron chi connectivity index (χ0n) is 24.8. The van der Waals surface area contributed by atoms with E-state index in [9.17, 15) is 14.7 Å². The third kappa shape index (κ3) is 7.50. The molecule has 1 aromatic heterocycles. The van der Waals surface area contributed by atoms with Crippen LogP contribution in [-0.4, -0.2) is 76.1 Å². The van der Waals surface area contributed by atoms with Crippen LogP contribution in [0.4, 0.5) is 4.79 Å². The molecule has 2 fully saturated rings. The molecule has 1 N–H and O–H groups in total. The van der Waals surface area contributed by atoms with Gasteiger partial charge in [0.2, 0.25) is 0 Å². The maximum Gasteiger partial charge on any atom is 0.410 e. The Hall–Kier alpha value is -2.13. The molecule has 38 heavy (non-hydrogen) atoms. The molecule has 4 atom stereocenters. The summed E-state index contributed by atoms with van der Waals surface area (Å²) < 4.78 is 13.5. The van der Waals surface area contributed by atoms with Crippen LogP contribution in [0.25, 0.3) is 0 Å². The number of carbonyl (C=O) groups is 2. The Morgan fingerprint density at radius 2 is 1.92 bits per heavy atom. The second-order valence-corrected chi connectivity index (χ2v) is 13.0. The van der Waals surface area contributed by atoms with Gasteiger partial charge < -0.3 is 24.4 Å². The Kier molecular flexibility index (Phi) is 9.90. The number of hydrogen-bond acceptors (Lipinski definition) is 6. The van der Waals surface area contributed by atoms with Gasteiger partial charge in [0.05, 0.1) is 11.6 Å². The van der Waals surface area contributed by atoms with E-state index >= 15 is 0 Å². The van der Waals surface area contributed by atoms with Crippen LogP contribution in [-0.2, 0) is 20.8 Å². The first kappa shape index (κ1) is 30.4. The highest BCUT2D eigenvalue weighted by molar-refractivity contribution is 5.71. The third-order valence-corrected chi connectivity index (χ3v) is 8.47. The summed E-state index contributed by atoms with van der Waals surface area (Å²) in [5, 5.41) is 15.2. The Morgan fingerprint density at radius 3 is 2.50 bits per heavy atom. The Labute approximate surface area is 228 Å². The molecule has 1 saturated carbocycles. The fraction of sp³-hybridized carbons (Fsp3) is 0.828. The number of carbonyl (C=O) groups excluding carboxylic acids is 1. The minimum absolute atomic E-state index is 0.0721. The van der Waals surface area contributed by atoms with Gasteiger partial charge in [0, 0.05) is 51.0 Å². The molecule has 2 heterocycles. The molecule has 1 aliphatic heterocycles. The summed E-state index contributed by atoms with van der Waals surface area (Å²) >= 11 is 0. The number of hydrogen-bond donors (Lipinski definition) is 1. The fourth-order valence-corrected chi connectivity index (χ4v) is 6.06. The standard InChI is InChI=1S/C29H50N4O5/c1-9-22-16-20(17-23(26(34)35)29(22,5)6)25-21(19-33(30-25)24-12-10-11-15-37-24)18-31(7)13-14-32(8)27(36)38-28(2,3)4/h19-20,22-24H,9-18H2,1-8H3,(H,34,35). The molecule has 0 spiro atoms. The zero-order valence-corrected chi connectivity index (χ0v) is 24.8. The van der Waals surface area contributed by atoms with Crippen LogP contribution >= 0.6 is 0 Å². The number of aromatic nitrogens is 2. The monoisotopic (exact) mass is 534 g/mol. The molecule has 216 valence electrons. The first-order chi connectivity index (χ1) is 17.7. The fourth-order valence-electron chi connectivity index (χ4n) is 6.06. The Balaban J connectivity index is 1.80. The maximum atomic E-state index is 12.4. The van der Waals surface area contributed by atoms with Crippen molar-refractivity contribution in [2.75, 3.05) is 33.8 Å². The van der Waals surface area contributed by atoms with Gasteiger partial charge >= 0.3 is 12.1 Å². The second-order valence-electron chi connectivity index (χ2n) is 13.0. The number of amides is 1. The van der Waals surface area contributed by atoms with Gasteiger partial charge in [-0.2, -0.15) is 5.10 Å². The van der Waals surface area contributed by atoms with Crippen molar-refractivity contribution in [3.05, 3.63) is 17.5 Å². The highest BCUT2D eigenvalue weighted by Crippen LogP contribution is 2.52. The number of rotatable bonds is 9. The average molecular weight is 535 g/mol. The third-order valence-electron chi connectivity index (χ3n) is 8.47. The zero-order chi connectivity index (χ0) is 28.3. The normalized spacial score (nSPS) is 25.8. The molecule has 4 unspecified atom stereocenters. The lowest BCUT2D eigenvalue weighted by Gasteiger charge is -2.46. The molecule has 1 amide bonds. The maximum absolute atomic E-state index is 12.4. The molecular weight excluding hydrogens is 484 g/mol. The molecule has 1 aliphatic carbocycles. The molecule has 1 aromatic rings. The number of carboxylic acids is 1. The van der Waals surface area contributed by atoms with Gasteiger partial charge in [-0.15, -0.1) is 0 Å². The van der Waals surface area contributed by atoms with E-state index in [1.165, 1.54) is 0 Å². The van der Waals surface area contributed by atoms with E-state index in [4.69, 9.17) is 14.6 Å². The van der Waals surface area contributed by atoms with E-state index in [1.54, 1.807) is 11.9 Å². The van der Waals surface area contributed by atoms with Gasteiger partial charge in [-0.3, -0.25) is 4.79 Å². The molecule has 0 bridgehead atoms. The van der Waals surface area contributed by atoms with Gasteiger partial charge in [0.1, 0.15) is 11.8 Å². The lowest BCUT2D eigenvalue weighted by atomic mass is 9.58. The van der Waals surface area contributed by atoms with Crippen molar-refractivity contribution >= 4 is 12.1 Å². The number of likely N-dealkylation sites (N-methyl/N-ethyl adjacent to an activating group) is 2. The van der Waals surface area contributed by atoms with Crippen molar-refractivity contribution in [2.24, 2.45) is 17.3 Å². The first-order valence-corrected chi connectivity index (χ1v) is 14.3. The SMILES string of the molecule is CCC1CC(c2nn(C3CCCCO3)cc2CN(C)CCN(C)C(=O)OC(C)(C)C)CC(C(=O)O)C1(C)C. The number of carboxylic acid groups (broad SMARTS) is 1. The largest absolute Gasteiger partial charge is 0.481 e. The molecule has 9 nitrogen and oxygen atoms in total. The van der Waals surface area contributed by atoms with E-state index in [-0.39, 0.29) is 23.7 Å². The predicted molar refractivity (Wildman–Crippen MR) is 147 cm³/mol. The van der Waals surface area contributed by atoms with Gasteiger partial charge in [-0.05, 0) is 71.3 Å². The minimum Gasteiger partial charge on any atom is -0.481 e. The number of aliphatic carboxylic acids is 1. The Bertz CT molecular complexity index is 947. The smallest absolute Gasteiger partial charge is 0.410 e. The molecule has 3 rings (SSSR count). The highest BCUT2D eigenvalue weighted by atomic mass is 16.6. The van der Waals surface area contributed by atoms with Crippen LogP contribution in [0.15, 0.2) is 6.20 Å². The number of ether oxygens (including phenoxy) is 2. The summed E-state index contributed by atoms with van der Waals surface area (Å²) in [7, 11) is 3.80. The molecule has 2 aliphatic rings. The molecule has 0 radical (unpaired) electrons. The van der Waals surface area contributed by atoms with Gasteiger partial charge in [-0.1, -0.05) is 27.2 Å². The van der Waals surface area contributed by atoms with Crippen LogP contribution in [0.1, 0.15) is 103 Å². The van der Waals surface area contributed by atoms with E-state index in [2.05, 4.69) is 31.9 Å².